The van der Waals surface area contributed by atoms with E-state index < -0.39 is 13.0 Å². The molecule has 1 unspecified atom stereocenters. The average Bonchev–Trinajstić information content (AvgIpc) is 2.69. The lowest BCUT2D eigenvalue weighted by Crippen LogP contribution is -2.22. The number of ether oxygens (including phenoxy) is 1. The molecule has 0 aromatic carbocycles. The smallest absolute Gasteiger partial charge is 0.261 e. The largest absolute Gasteiger partial charge is 0.375 e. The van der Waals surface area contributed by atoms with Crippen molar-refractivity contribution >= 4 is 11.3 Å². The van der Waals surface area contributed by atoms with Gasteiger partial charge < -0.3 is 10.1 Å². The van der Waals surface area contributed by atoms with Crippen molar-refractivity contribution in [3.8, 4) is 0 Å². The van der Waals surface area contributed by atoms with E-state index in [1.165, 1.54) is 10.4 Å². The van der Waals surface area contributed by atoms with E-state index in [4.69, 9.17) is 4.74 Å². The van der Waals surface area contributed by atoms with Gasteiger partial charge in [-0.3, -0.25) is 0 Å². The van der Waals surface area contributed by atoms with E-state index in [0.717, 1.165) is 13.0 Å². The summed E-state index contributed by atoms with van der Waals surface area (Å²) in [7, 11) is 0. The van der Waals surface area contributed by atoms with E-state index in [1.807, 2.05) is 6.92 Å². The van der Waals surface area contributed by atoms with E-state index >= 15 is 0 Å². The molecule has 0 saturated heterocycles. The van der Waals surface area contributed by atoms with Crippen molar-refractivity contribution in [2.45, 2.75) is 32.7 Å². The lowest BCUT2D eigenvalue weighted by molar-refractivity contribution is 0.0144. The van der Waals surface area contributed by atoms with Crippen LogP contribution in [-0.2, 0) is 4.74 Å². The highest BCUT2D eigenvalue weighted by molar-refractivity contribution is 7.10. The lowest BCUT2D eigenvalue weighted by Gasteiger charge is -2.16. The molecular weight excluding hydrogens is 244 g/mol. The third kappa shape index (κ3) is 5.57. The molecule has 1 atom stereocenters. The van der Waals surface area contributed by atoms with Gasteiger partial charge in [0.05, 0.1) is 0 Å². The quantitative estimate of drug-likeness (QED) is 0.726. The summed E-state index contributed by atoms with van der Waals surface area (Å²) in [5, 5.41) is 5.45. The molecule has 1 heterocycles. The molecule has 0 spiro atoms. The maximum Gasteiger partial charge on any atom is 0.261 e. The van der Waals surface area contributed by atoms with Crippen LogP contribution in [-0.4, -0.2) is 26.2 Å². The number of thiophene rings is 1. The van der Waals surface area contributed by atoms with E-state index in [0.29, 0.717) is 6.61 Å². The Morgan fingerprint density at radius 3 is 2.76 bits per heavy atom. The number of nitrogens with one attached hydrogen (secondary N) is 1. The van der Waals surface area contributed by atoms with Crippen LogP contribution in [0.25, 0.3) is 0 Å². The predicted octanol–water partition coefficient (Wildman–Crippen LogP) is 3.38. The zero-order valence-electron chi connectivity index (χ0n) is 10.2. The molecule has 0 fully saturated rings. The van der Waals surface area contributed by atoms with Crippen molar-refractivity contribution in [3.63, 3.8) is 0 Å². The van der Waals surface area contributed by atoms with E-state index in [-0.39, 0.29) is 6.04 Å². The summed E-state index contributed by atoms with van der Waals surface area (Å²) in [6.07, 6.45) is -1.66. The predicted molar refractivity (Wildman–Crippen MR) is 66.9 cm³/mol. The van der Waals surface area contributed by atoms with Crippen molar-refractivity contribution < 1.29 is 13.5 Å². The van der Waals surface area contributed by atoms with E-state index in [2.05, 4.69) is 23.7 Å². The normalized spacial score (nSPS) is 13.2. The molecule has 0 amide bonds. The number of rotatable bonds is 8. The molecule has 1 aromatic rings. The second kappa shape index (κ2) is 7.74. The third-order valence-electron chi connectivity index (χ3n) is 2.40. The van der Waals surface area contributed by atoms with E-state index in [1.54, 1.807) is 11.3 Å². The van der Waals surface area contributed by atoms with Crippen LogP contribution in [0.3, 0.4) is 0 Å². The van der Waals surface area contributed by atoms with Crippen LogP contribution >= 0.6 is 11.3 Å². The van der Waals surface area contributed by atoms with Crippen molar-refractivity contribution in [2.75, 3.05) is 19.8 Å². The van der Waals surface area contributed by atoms with Gasteiger partial charge in [-0.05, 0) is 36.9 Å². The van der Waals surface area contributed by atoms with Crippen LogP contribution in [0.5, 0.6) is 0 Å². The molecule has 5 heteroatoms. The summed E-state index contributed by atoms with van der Waals surface area (Å²) in [6.45, 7) is 4.84. The first-order chi connectivity index (χ1) is 8.13. The zero-order valence-corrected chi connectivity index (χ0v) is 11.0. The number of hydrogen-bond acceptors (Lipinski definition) is 3. The van der Waals surface area contributed by atoms with Gasteiger partial charge in [0.15, 0.2) is 0 Å². The first-order valence-electron chi connectivity index (χ1n) is 5.77. The summed E-state index contributed by atoms with van der Waals surface area (Å²) in [4.78, 5) is 1.26. The van der Waals surface area contributed by atoms with Gasteiger partial charge in [-0.15, -0.1) is 11.3 Å². The highest BCUT2D eigenvalue weighted by Gasteiger charge is 2.12. The van der Waals surface area contributed by atoms with Gasteiger partial charge in [-0.1, -0.05) is 6.92 Å². The van der Waals surface area contributed by atoms with Crippen molar-refractivity contribution in [3.05, 3.63) is 21.9 Å². The summed E-state index contributed by atoms with van der Waals surface area (Å²) in [5.41, 5.74) is 1.22. The minimum atomic E-state index is -2.38. The Labute approximate surface area is 105 Å². The number of hydrogen-bond donors (Lipinski definition) is 1. The van der Waals surface area contributed by atoms with Gasteiger partial charge in [-0.25, -0.2) is 8.78 Å². The van der Waals surface area contributed by atoms with Crippen LogP contribution in [0.2, 0.25) is 0 Å². The summed E-state index contributed by atoms with van der Waals surface area (Å²) in [5.74, 6) is 0. The number of halogens is 2. The average molecular weight is 263 g/mol. The van der Waals surface area contributed by atoms with Crippen LogP contribution in [0.15, 0.2) is 11.4 Å². The first-order valence-corrected chi connectivity index (χ1v) is 6.65. The molecule has 0 radical (unpaired) electrons. The van der Waals surface area contributed by atoms with Gasteiger partial charge in [0.25, 0.3) is 6.43 Å². The Balaban J connectivity index is 2.38. The summed E-state index contributed by atoms with van der Waals surface area (Å²) >= 11 is 1.70. The third-order valence-corrected chi connectivity index (χ3v) is 3.28. The Bertz CT molecular complexity index is 317. The fraction of sp³-hybridized carbons (Fsp3) is 0.667. The minimum Gasteiger partial charge on any atom is -0.375 e. The molecule has 2 nitrogen and oxygen atoms in total. The van der Waals surface area contributed by atoms with Crippen molar-refractivity contribution in [2.24, 2.45) is 0 Å². The molecule has 1 N–H and O–H groups in total. The lowest BCUT2D eigenvalue weighted by atomic mass is 10.1. The van der Waals surface area contributed by atoms with Gasteiger partial charge in [0.1, 0.15) is 6.61 Å². The monoisotopic (exact) mass is 263 g/mol. The SMILES string of the molecule is CCNC(CCOCC(F)F)c1csc(C)c1. The Hall–Kier alpha value is -0.520. The number of alkyl halides is 2. The van der Waals surface area contributed by atoms with Gasteiger partial charge in [0, 0.05) is 17.5 Å². The second-order valence-corrected chi connectivity index (χ2v) is 4.97. The minimum absolute atomic E-state index is 0.197. The Kier molecular flexibility index (Phi) is 6.62. The highest BCUT2D eigenvalue weighted by atomic mass is 32.1. The van der Waals surface area contributed by atoms with Crippen LogP contribution < -0.4 is 5.32 Å². The summed E-state index contributed by atoms with van der Waals surface area (Å²) in [6, 6.07) is 2.33. The molecule has 0 aliphatic rings. The maximum absolute atomic E-state index is 11.9. The molecule has 1 rings (SSSR count). The second-order valence-electron chi connectivity index (χ2n) is 3.86. The molecule has 98 valence electrons. The first kappa shape index (κ1) is 14.5. The van der Waals surface area contributed by atoms with Crippen LogP contribution in [0.1, 0.15) is 29.8 Å². The van der Waals surface area contributed by atoms with Gasteiger partial charge in [0.2, 0.25) is 0 Å². The summed E-state index contributed by atoms with van der Waals surface area (Å²) < 4.78 is 28.7. The molecular formula is C12H19F2NOS. The van der Waals surface area contributed by atoms with Crippen LogP contribution in [0.4, 0.5) is 8.78 Å². The molecule has 0 bridgehead atoms. The molecule has 1 aromatic heterocycles. The fourth-order valence-corrected chi connectivity index (χ4v) is 2.41. The van der Waals surface area contributed by atoms with Crippen molar-refractivity contribution in [1.29, 1.82) is 0 Å². The van der Waals surface area contributed by atoms with E-state index in [9.17, 15) is 8.78 Å². The molecule has 0 aliphatic carbocycles. The Morgan fingerprint density at radius 2 is 2.24 bits per heavy atom. The number of aryl methyl sites for hydroxylation is 1. The molecule has 0 saturated carbocycles. The molecule has 0 aliphatic heterocycles. The van der Waals surface area contributed by atoms with Crippen LogP contribution in [0, 0.1) is 6.92 Å². The highest BCUT2D eigenvalue weighted by Crippen LogP contribution is 2.22. The maximum atomic E-state index is 11.9. The topological polar surface area (TPSA) is 21.3 Å². The van der Waals surface area contributed by atoms with Gasteiger partial charge in [-0.2, -0.15) is 0 Å². The Morgan fingerprint density at radius 1 is 1.47 bits per heavy atom. The fourth-order valence-electron chi connectivity index (χ4n) is 1.65. The molecule has 17 heavy (non-hydrogen) atoms. The standard InChI is InChI=1S/C12H19F2NOS/c1-3-15-11(4-5-16-7-12(13)14)10-6-9(2)17-8-10/h6,8,11-12,15H,3-5,7H2,1-2H3. The zero-order chi connectivity index (χ0) is 12.7. The van der Waals surface area contributed by atoms with Gasteiger partial charge >= 0.3 is 0 Å². The van der Waals surface area contributed by atoms with Crippen molar-refractivity contribution in [1.82, 2.24) is 5.32 Å².